The average molecular weight is 378 g/mol. The van der Waals surface area contributed by atoms with Crippen LogP contribution >= 0.6 is 23.2 Å². The molecule has 0 saturated carbocycles. The van der Waals surface area contributed by atoms with Gasteiger partial charge in [-0.2, -0.15) is 0 Å². The van der Waals surface area contributed by atoms with Crippen molar-refractivity contribution in [3.8, 4) is 0 Å². The Morgan fingerprint density at radius 2 is 1.80 bits per heavy atom. The van der Waals surface area contributed by atoms with E-state index in [0.717, 1.165) is 17.5 Å². The van der Waals surface area contributed by atoms with E-state index in [4.69, 9.17) is 27.9 Å². The molecule has 3 nitrogen and oxygen atoms in total. The standard InChI is InChI=1S/C20H21Cl2NO2/c1-25-13-19(14-6-3-2-4-7-14)23-11-10-15(20(23)24)12-16-17(21)8-5-9-18(16)22/h2-9,15,19H,10-13H2,1H3/t15-,19+/m1/s1. The third-order valence-corrected chi connectivity index (χ3v) is 5.46. The first kappa shape index (κ1) is 18.2. The van der Waals surface area contributed by atoms with Crippen molar-refractivity contribution in [1.29, 1.82) is 0 Å². The number of hydrogen-bond donors (Lipinski definition) is 0. The van der Waals surface area contributed by atoms with E-state index in [1.807, 2.05) is 53.4 Å². The predicted molar refractivity (Wildman–Crippen MR) is 101 cm³/mol. The highest BCUT2D eigenvalue weighted by Gasteiger charge is 2.37. The highest BCUT2D eigenvalue weighted by molar-refractivity contribution is 6.36. The lowest BCUT2D eigenvalue weighted by Crippen LogP contribution is -2.34. The van der Waals surface area contributed by atoms with Gasteiger partial charge in [-0.05, 0) is 36.1 Å². The van der Waals surface area contributed by atoms with Gasteiger partial charge in [-0.1, -0.05) is 59.6 Å². The molecule has 1 amide bonds. The molecule has 1 aliphatic rings. The van der Waals surface area contributed by atoms with E-state index in [2.05, 4.69) is 0 Å². The van der Waals surface area contributed by atoms with Gasteiger partial charge in [-0.3, -0.25) is 4.79 Å². The number of methoxy groups -OCH3 is 1. The van der Waals surface area contributed by atoms with Crippen molar-refractivity contribution in [2.24, 2.45) is 5.92 Å². The molecule has 132 valence electrons. The van der Waals surface area contributed by atoms with Gasteiger partial charge in [-0.15, -0.1) is 0 Å². The number of hydrogen-bond acceptors (Lipinski definition) is 2. The molecular weight excluding hydrogens is 357 g/mol. The van der Waals surface area contributed by atoms with Crippen molar-refractivity contribution in [2.45, 2.75) is 18.9 Å². The van der Waals surface area contributed by atoms with Crippen LogP contribution in [0.3, 0.4) is 0 Å². The maximum absolute atomic E-state index is 13.0. The first-order valence-corrected chi connectivity index (χ1v) is 9.14. The molecule has 1 aliphatic heterocycles. The number of amides is 1. The summed E-state index contributed by atoms with van der Waals surface area (Å²) in [6.07, 6.45) is 1.37. The van der Waals surface area contributed by atoms with Gasteiger partial charge in [0.15, 0.2) is 0 Å². The third-order valence-electron chi connectivity index (χ3n) is 4.75. The summed E-state index contributed by atoms with van der Waals surface area (Å²) in [5.74, 6) is 0.0438. The second kappa shape index (κ2) is 8.22. The largest absolute Gasteiger partial charge is 0.382 e. The normalized spacial score (nSPS) is 18.6. The lowest BCUT2D eigenvalue weighted by Gasteiger charge is -2.28. The number of rotatable bonds is 6. The van der Waals surface area contributed by atoms with Crippen molar-refractivity contribution < 1.29 is 9.53 Å². The first-order valence-electron chi connectivity index (χ1n) is 8.39. The molecule has 0 spiro atoms. The highest BCUT2D eigenvalue weighted by Crippen LogP contribution is 2.34. The monoisotopic (exact) mass is 377 g/mol. The number of carbonyl (C=O) groups excluding carboxylic acids is 1. The van der Waals surface area contributed by atoms with E-state index < -0.39 is 0 Å². The Labute approximate surface area is 158 Å². The number of halogens is 2. The minimum Gasteiger partial charge on any atom is -0.382 e. The molecule has 2 aromatic rings. The zero-order chi connectivity index (χ0) is 17.8. The molecule has 5 heteroatoms. The zero-order valence-corrected chi connectivity index (χ0v) is 15.6. The van der Waals surface area contributed by atoms with Crippen LogP contribution in [0.15, 0.2) is 48.5 Å². The lowest BCUT2D eigenvalue weighted by atomic mass is 9.97. The predicted octanol–water partition coefficient (Wildman–Crippen LogP) is 4.77. The fraction of sp³-hybridized carbons (Fsp3) is 0.350. The Balaban J connectivity index is 1.78. The molecule has 1 heterocycles. The van der Waals surface area contributed by atoms with Crippen molar-refractivity contribution >= 4 is 29.1 Å². The maximum atomic E-state index is 13.0. The zero-order valence-electron chi connectivity index (χ0n) is 14.1. The van der Waals surface area contributed by atoms with Crippen LogP contribution in [0.1, 0.15) is 23.6 Å². The summed E-state index contributed by atoms with van der Waals surface area (Å²) in [5, 5.41) is 1.24. The van der Waals surface area contributed by atoms with Crippen molar-refractivity contribution in [1.82, 2.24) is 4.90 Å². The second-order valence-electron chi connectivity index (χ2n) is 6.30. The summed E-state index contributed by atoms with van der Waals surface area (Å²) in [4.78, 5) is 14.9. The summed E-state index contributed by atoms with van der Waals surface area (Å²) in [7, 11) is 1.66. The van der Waals surface area contributed by atoms with Crippen LogP contribution in [-0.4, -0.2) is 31.1 Å². The van der Waals surface area contributed by atoms with Gasteiger partial charge in [0.1, 0.15) is 0 Å². The van der Waals surface area contributed by atoms with Crippen LogP contribution in [0.5, 0.6) is 0 Å². The number of likely N-dealkylation sites (tertiary alicyclic amines) is 1. The molecule has 1 saturated heterocycles. The minimum atomic E-state index is -0.0968. The first-order chi connectivity index (χ1) is 12.1. The molecule has 0 aromatic heterocycles. The molecular formula is C20H21Cl2NO2. The number of nitrogens with zero attached hydrogens (tertiary/aromatic N) is 1. The van der Waals surface area contributed by atoms with Gasteiger partial charge in [0.2, 0.25) is 5.91 Å². The Hall–Kier alpha value is -1.55. The number of benzene rings is 2. The Morgan fingerprint density at radius 1 is 1.12 bits per heavy atom. The quantitative estimate of drug-likeness (QED) is 0.725. The summed E-state index contributed by atoms with van der Waals surface area (Å²) < 4.78 is 5.37. The molecule has 0 N–H and O–H groups in total. The summed E-state index contributed by atoms with van der Waals surface area (Å²) >= 11 is 12.5. The van der Waals surface area contributed by atoms with Gasteiger partial charge in [-0.25, -0.2) is 0 Å². The maximum Gasteiger partial charge on any atom is 0.226 e. The molecule has 1 fully saturated rings. The van der Waals surface area contributed by atoms with Crippen molar-refractivity contribution in [2.75, 3.05) is 20.3 Å². The molecule has 2 atom stereocenters. The van der Waals surface area contributed by atoms with Gasteiger partial charge in [0.05, 0.1) is 12.6 Å². The van der Waals surface area contributed by atoms with Crippen molar-refractivity contribution in [3.05, 3.63) is 69.7 Å². The van der Waals surface area contributed by atoms with E-state index in [-0.39, 0.29) is 17.9 Å². The van der Waals surface area contributed by atoms with Gasteiger partial charge >= 0.3 is 0 Å². The molecule has 0 unspecified atom stereocenters. The molecule has 2 aromatic carbocycles. The van der Waals surface area contributed by atoms with E-state index in [1.165, 1.54) is 0 Å². The average Bonchev–Trinajstić information content (AvgIpc) is 2.97. The molecule has 0 bridgehead atoms. The Kier molecular flexibility index (Phi) is 6.00. The summed E-state index contributed by atoms with van der Waals surface area (Å²) in [6.45, 7) is 1.20. The second-order valence-corrected chi connectivity index (χ2v) is 7.12. The summed E-state index contributed by atoms with van der Waals surface area (Å²) in [5.41, 5.74) is 1.95. The third kappa shape index (κ3) is 4.00. The van der Waals surface area contributed by atoms with Crippen LogP contribution in [-0.2, 0) is 16.0 Å². The Bertz CT molecular complexity index is 715. The van der Waals surface area contributed by atoms with Crippen LogP contribution in [0.2, 0.25) is 10.0 Å². The topological polar surface area (TPSA) is 29.5 Å². The fourth-order valence-corrected chi connectivity index (χ4v) is 3.99. The molecule has 25 heavy (non-hydrogen) atoms. The van der Waals surface area contributed by atoms with E-state index >= 15 is 0 Å². The van der Waals surface area contributed by atoms with E-state index in [0.29, 0.717) is 29.6 Å². The van der Waals surface area contributed by atoms with Gasteiger partial charge in [0, 0.05) is 29.6 Å². The SMILES string of the molecule is COC[C@@H](c1ccccc1)N1CC[C@H](Cc2c(Cl)cccc2Cl)C1=O. The van der Waals surface area contributed by atoms with Crippen LogP contribution in [0, 0.1) is 5.92 Å². The van der Waals surface area contributed by atoms with Crippen LogP contribution < -0.4 is 0 Å². The smallest absolute Gasteiger partial charge is 0.226 e. The molecule has 0 radical (unpaired) electrons. The van der Waals surface area contributed by atoms with Gasteiger partial charge in [0.25, 0.3) is 0 Å². The number of carbonyl (C=O) groups is 1. The van der Waals surface area contributed by atoms with Crippen molar-refractivity contribution in [3.63, 3.8) is 0 Å². The molecule has 3 rings (SSSR count). The fourth-order valence-electron chi connectivity index (χ4n) is 3.43. The lowest BCUT2D eigenvalue weighted by molar-refractivity contribution is -0.134. The van der Waals surface area contributed by atoms with Crippen LogP contribution in [0.4, 0.5) is 0 Å². The van der Waals surface area contributed by atoms with Crippen LogP contribution in [0.25, 0.3) is 0 Å². The highest BCUT2D eigenvalue weighted by atomic mass is 35.5. The van der Waals surface area contributed by atoms with E-state index in [1.54, 1.807) is 7.11 Å². The minimum absolute atomic E-state index is 0.0644. The Morgan fingerprint density at radius 3 is 2.44 bits per heavy atom. The summed E-state index contributed by atoms with van der Waals surface area (Å²) in [6, 6.07) is 15.4. The number of ether oxygens (including phenoxy) is 1. The molecule has 0 aliphatic carbocycles. The van der Waals surface area contributed by atoms with E-state index in [9.17, 15) is 4.79 Å². The van der Waals surface area contributed by atoms with Gasteiger partial charge < -0.3 is 9.64 Å².